The number of hydrogen-bond acceptors (Lipinski definition) is 4. The van der Waals surface area contributed by atoms with Gasteiger partial charge in [-0.15, -0.1) is 0 Å². The third kappa shape index (κ3) is 5.20. The maximum absolute atomic E-state index is 11.9. The van der Waals surface area contributed by atoms with Crippen molar-refractivity contribution in [2.45, 2.75) is 40.5 Å². The number of carbonyl (C=O) groups excluding carboxylic acids is 3. The van der Waals surface area contributed by atoms with Crippen molar-refractivity contribution in [1.29, 1.82) is 0 Å². The zero-order valence-corrected chi connectivity index (χ0v) is 13.4. The summed E-state index contributed by atoms with van der Waals surface area (Å²) in [6.07, 6.45) is 0.258. The van der Waals surface area contributed by atoms with Crippen molar-refractivity contribution in [3.8, 4) is 5.75 Å². The van der Waals surface area contributed by atoms with E-state index in [0.717, 1.165) is 16.1 Å². The number of amides is 3. The Morgan fingerprint density at radius 2 is 1.50 bits per heavy atom. The highest BCUT2D eigenvalue weighted by molar-refractivity contribution is 5.97. The lowest BCUT2D eigenvalue weighted by molar-refractivity contribution is -0.153. The molecule has 1 aromatic rings. The topological polar surface area (TPSA) is 75.7 Å². The number of benzene rings is 1. The standard InChI is InChI=1S/C16H22N2O4/c1-5-15(20)18(16(21)6-2)17-14(19)10-22-13-8-11(3)7-12(4)9-13/h7-9H,5-6,10H2,1-4H3,(H,17,19). The second kappa shape index (κ2) is 8.17. The van der Waals surface area contributed by atoms with Gasteiger partial charge in [-0.05, 0) is 37.1 Å². The maximum atomic E-state index is 11.9. The first kappa shape index (κ1) is 17.7. The van der Waals surface area contributed by atoms with Crippen molar-refractivity contribution >= 4 is 17.7 Å². The van der Waals surface area contributed by atoms with Gasteiger partial charge >= 0.3 is 0 Å². The molecule has 0 heterocycles. The predicted molar refractivity (Wildman–Crippen MR) is 82.0 cm³/mol. The minimum absolute atomic E-state index is 0.129. The zero-order valence-electron chi connectivity index (χ0n) is 13.4. The number of rotatable bonds is 5. The first-order valence-electron chi connectivity index (χ1n) is 7.23. The Balaban J connectivity index is 2.64. The highest BCUT2D eigenvalue weighted by atomic mass is 16.5. The van der Waals surface area contributed by atoms with Crippen LogP contribution >= 0.6 is 0 Å². The minimum atomic E-state index is -0.553. The van der Waals surface area contributed by atoms with E-state index >= 15 is 0 Å². The Hall–Kier alpha value is -2.37. The molecule has 0 bridgehead atoms. The van der Waals surface area contributed by atoms with Gasteiger partial charge in [-0.25, -0.2) is 0 Å². The SMILES string of the molecule is CCC(=O)N(NC(=O)COc1cc(C)cc(C)c1)C(=O)CC. The molecule has 6 heteroatoms. The van der Waals surface area contributed by atoms with Crippen LogP contribution in [0, 0.1) is 13.8 Å². The highest BCUT2D eigenvalue weighted by Crippen LogP contribution is 2.15. The van der Waals surface area contributed by atoms with Gasteiger partial charge in [-0.2, -0.15) is 5.01 Å². The lowest BCUT2D eigenvalue weighted by Crippen LogP contribution is -2.50. The minimum Gasteiger partial charge on any atom is -0.484 e. The number of hydrazine groups is 1. The van der Waals surface area contributed by atoms with E-state index in [0.29, 0.717) is 5.75 Å². The van der Waals surface area contributed by atoms with Gasteiger partial charge in [0.2, 0.25) is 11.8 Å². The summed E-state index contributed by atoms with van der Waals surface area (Å²) in [6, 6.07) is 5.62. The van der Waals surface area contributed by atoms with Crippen molar-refractivity contribution in [3.05, 3.63) is 29.3 Å². The lowest BCUT2D eigenvalue weighted by Gasteiger charge is -2.20. The number of carbonyl (C=O) groups is 3. The van der Waals surface area contributed by atoms with Crippen LogP contribution in [0.3, 0.4) is 0 Å². The Morgan fingerprint density at radius 3 is 1.95 bits per heavy atom. The second-order valence-corrected chi connectivity index (χ2v) is 4.98. The summed E-state index contributed by atoms with van der Waals surface area (Å²) < 4.78 is 5.40. The molecule has 1 aromatic carbocycles. The van der Waals surface area contributed by atoms with Gasteiger partial charge in [0.05, 0.1) is 0 Å². The number of nitrogens with one attached hydrogen (secondary N) is 1. The quantitative estimate of drug-likeness (QED) is 0.843. The third-order valence-electron chi connectivity index (χ3n) is 2.91. The van der Waals surface area contributed by atoms with E-state index in [4.69, 9.17) is 4.74 Å². The molecule has 0 aromatic heterocycles. The summed E-state index contributed by atoms with van der Waals surface area (Å²) in [7, 11) is 0. The first-order valence-corrected chi connectivity index (χ1v) is 7.23. The Labute approximate surface area is 130 Å². The molecule has 1 N–H and O–H groups in total. The molecule has 0 saturated carbocycles. The predicted octanol–water partition coefficient (Wildman–Crippen LogP) is 1.89. The van der Waals surface area contributed by atoms with Gasteiger partial charge in [0.15, 0.2) is 6.61 Å². The number of imide groups is 1. The number of nitrogens with zero attached hydrogens (tertiary/aromatic N) is 1. The molecule has 0 spiro atoms. The third-order valence-corrected chi connectivity index (χ3v) is 2.91. The largest absolute Gasteiger partial charge is 0.484 e. The number of hydrogen-bond donors (Lipinski definition) is 1. The van der Waals surface area contributed by atoms with Crippen LogP contribution in [0.4, 0.5) is 0 Å². The van der Waals surface area contributed by atoms with Gasteiger partial charge in [0.1, 0.15) is 5.75 Å². The molecule has 3 amide bonds. The first-order chi connectivity index (χ1) is 10.4. The van der Waals surface area contributed by atoms with Crippen LogP contribution in [0.25, 0.3) is 0 Å². The average molecular weight is 306 g/mol. The van der Waals surface area contributed by atoms with Gasteiger partial charge in [-0.1, -0.05) is 19.9 Å². The molecule has 120 valence electrons. The van der Waals surface area contributed by atoms with Gasteiger partial charge < -0.3 is 4.74 Å². The molecule has 0 atom stereocenters. The van der Waals surface area contributed by atoms with E-state index in [-0.39, 0.29) is 19.4 Å². The van der Waals surface area contributed by atoms with Crippen LogP contribution in [0.1, 0.15) is 37.8 Å². The average Bonchev–Trinajstić information content (AvgIpc) is 2.48. The molecular formula is C16H22N2O4. The van der Waals surface area contributed by atoms with Crippen molar-refractivity contribution in [3.63, 3.8) is 0 Å². The molecule has 0 fully saturated rings. The van der Waals surface area contributed by atoms with Crippen LogP contribution in [0.5, 0.6) is 5.75 Å². The smallest absolute Gasteiger partial charge is 0.276 e. The van der Waals surface area contributed by atoms with Gasteiger partial charge in [0, 0.05) is 12.8 Å². The van der Waals surface area contributed by atoms with Crippen molar-refractivity contribution < 1.29 is 19.1 Å². The van der Waals surface area contributed by atoms with Gasteiger partial charge in [-0.3, -0.25) is 19.8 Å². The molecule has 22 heavy (non-hydrogen) atoms. The zero-order chi connectivity index (χ0) is 16.7. The summed E-state index contributed by atoms with van der Waals surface area (Å²) in [4.78, 5) is 35.2. The molecule has 1 rings (SSSR count). The van der Waals surface area contributed by atoms with Crippen LogP contribution in [-0.2, 0) is 14.4 Å². The number of ether oxygens (including phenoxy) is 1. The van der Waals surface area contributed by atoms with Crippen LogP contribution in [0.15, 0.2) is 18.2 Å². The molecule has 0 aliphatic carbocycles. The van der Waals surface area contributed by atoms with Crippen LogP contribution < -0.4 is 10.2 Å². The summed E-state index contributed by atoms with van der Waals surface area (Å²) >= 11 is 0. The molecular weight excluding hydrogens is 284 g/mol. The second-order valence-electron chi connectivity index (χ2n) is 4.98. The van der Waals surface area contributed by atoms with E-state index in [9.17, 15) is 14.4 Å². The molecule has 0 aliphatic heterocycles. The summed E-state index contributed by atoms with van der Waals surface area (Å²) in [5, 5.41) is 0.757. The summed E-state index contributed by atoms with van der Waals surface area (Å²) in [5.74, 6) is -0.885. The Kier molecular flexibility index (Phi) is 6.56. The van der Waals surface area contributed by atoms with Crippen molar-refractivity contribution in [2.75, 3.05) is 6.61 Å². The normalized spacial score (nSPS) is 10.0. The van der Waals surface area contributed by atoms with E-state index in [1.807, 2.05) is 32.0 Å². The number of aryl methyl sites for hydroxylation is 2. The van der Waals surface area contributed by atoms with Crippen molar-refractivity contribution in [2.24, 2.45) is 0 Å². The summed E-state index contributed by atoms with van der Waals surface area (Å²) in [6.45, 7) is 6.84. The van der Waals surface area contributed by atoms with E-state index in [1.165, 1.54) is 0 Å². The Morgan fingerprint density at radius 1 is 1.00 bits per heavy atom. The monoisotopic (exact) mass is 306 g/mol. The molecule has 0 saturated heterocycles. The van der Waals surface area contributed by atoms with Crippen LogP contribution in [-0.4, -0.2) is 29.3 Å². The van der Waals surface area contributed by atoms with Crippen LogP contribution in [0.2, 0.25) is 0 Å². The van der Waals surface area contributed by atoms with Gasteiger partial charge in [0.25, 0.3) is 5.91 Å². The highest BCUT2D eigenvalue weighted by Gasteiger charge is 2.21. The Bertz CT molecular complexity index is 533. The molecule has 0 radical (unpaired) electrons. The molecule has 0 unspecified atom stereocenters. The fraction of sp³-hybridized carbons (Fsp3) is 0.438. The van der Waals surface area contributed by atoms with E-state index < -0.39 is 17.7 Å². The van der Waals surface area contributed by atoms with Crippen molar-refractivity contribution in [1.82, 2.24) is 10.4 Å². The van der Waals surface area contributed by atoms with E-state index in [1.54, 1.807) is 13.8 Å². The maximum Gasteiger partial charge on any atom is 0.276 e. The fourth-order valence-corrected chi connectivity index (χ4v) is 1.90. The molecule has 0 aliphatic rings. The fourth-order valence-electron chi connectivity index (χ4n) is 1.90. The lowest BCUT2D eigenvalue weighted by atomic mass is 10.1. The van der Waals surface area contributed by atoms with E-state index in [2.05, 4.69) is 5.43 Å². The summed E-state index contributed by atoms with van der Waals surface area (Å²) in [5.41, 5.74) is 4.34. The molecule has 6 nitrogen and oxygen atoms in total.